The van der Waals surface area contributed by atoms with Crippen LogP contribution < -0.4 is 5.32 Å². The summed E-state index contributed by atoms with van der Waals surface area (Å²) in [6.45, 7) is 4.11. The molecule has 0 saturated carbocycles. The number of ether oxygens (including phenoxy) is 1. The first-order valence-corrected chi connectivity index (χ1v) is 10.2. The van der Waals surface area contributed by atoms with E-state index in [0.717, 1.165) is 37.2 Å². The number of allylic oxidation sites excluding steroid dienone is 1. The zero-order valence-corrected chi connectivity index (χ0v) is 16.7. The van der Waals surface area contributed by atoms with E-state index in [1.165, 1.54) is 11.1 Å². The molecule has 2 heterocycles. The molecule has 0 radical (unpaired) electrons. The second-order valence-electron chi connectivity index (χ2n) is 7.72. The first kappa shape index (κ1) is 19.6. The van der Waals surface area contributed by atoms with Crippen molar-refractivity contribution in [2.45, 2.75) is 45.1 Å². The van der Waals surface area contributed by atoms with Gasteiger partial charge in [-0.3, -0.25) is 14.7 Å². The van der Waals surface area contributed by atoms with Gasteiger partial charge in [-0.25, -0.2) is 0 Å². The maximum atomic E-state index is 12.4. The maximum absolute atomic E-state index is 12.4. The average Bonchev–Trinajstić information content (AvgIpc) is 3.14. The molecule has 0 saturated heterocycles. The van der Waals surface area contributed by atoms with Crippen LogP contribution in [0.2, 0.25) is 0 Å². The number of amides is 1. The second-order valence-corrected chi connectivity index (χ2v) is 7.72. The largest absolute Gasteiger partial charge is 0.479 e. The van der Waals surface area contributed by atoms with E-state index in [1.54, 1.807) is 13.1 Å². The quantitative estimate of drug-likeness (QED) is 0.755. The van der Waals surface area contributed by atoms with Crippen LogP contribution in [0, 0.1) is 0 Å². The highest BCUT2D eigenvalue weighted by Gasteiger charge is 2.23. The lowest BCUT2D eigenvalue weighted by Crippen LogP contribution is -2.42. The molecular weight excluding hydrogens is 366 g/mol. The first-order valence-electron chi connectivity index (χ1n) is 10.2. The van der Waals surface area contributed by atoms with E-state index in [2.05, 4.69) is 27.3 Å². The summed E-state index contributed by atoms with van der Waals surface area (Å²) in [4.78, 5) is 19.0. The Labute approximate surface area is 171 Å². The molecule has 4 rings (SSSR count). The van der Waals surface area contributed by atoms with Crippen molar-refractivity contribution < 1.29 is 14.6 Å². The van der Waals surface area contributed by atoms with Gasteiger partial charge >= 0.3 is 0 Å². The average molecular weight is 393 g/mol. The number of pyridine rings is 1. The summed E-state index contributed by atoms with van der Waals surface area (Å²) in [5, 5.41) is 13.2. The van der Waals surface area contributed by atoms with Crippen molar-refractivity contribution in [3.05, 3.63) is 71.1 Å². The summed E-state index contributed by atoms with van der Waals surface area (Å²) >= 11 is 0. The topological polar surface area (TPSA) is 74.7 Å². The minimum Gasteiger partial charge on any atom is -0.479 e. The van der Waals surface area contributed by atoms with Crippen LogP contribution in [0.1, 0.15) is 35.7 Å². The van der Waals surface area contributed by atoms with E-state index >= 15 is 0 Å². The summed E-state index contributed by atoms with van der Waals surface area (Å²) in [7, 11) is 0. The molecule has 0 bridgehead atoms. The zero-order valence-electron chi connectivity index (χ0n) is 16.7. The summed E-state index contributed by atoms with van der Waals surface area (Å²) in [6, 6.07) is 12.3. The van der Waals surface area contributed by atoms with Crippen LogP contribution in [0.3, 0.4) is 0 Å². The van der Waals surface area contributed by atoms with Crippen molar-refractivity contribution in [2.24, 2.45) is 0 Å². The molecule has 29 heavy (non-hydrogen) atoms. The van der Waals surface area contributed by atoms with Crippen molar-refractivity contribution in [3.63, 3.8) is 0 Å². The van der Waals surface area contributed by atoms with E-state index in [-0.39, 0.29) is 12.5 Å². The van der Waals surface area contributed by atoms with Crippen LogP contribution in [0.4, 0.5) is 0 Å². The van der Waals surface area contributed by atoms with Gasteiger partial charge in [0.15, 0.2) is 6.10 Å². The fourth-order valence-electron chi connectivity index (χ4n) is 3.92. The van der Waals surface area contributed by atoms with Crippen LogP contribution >= 0.6 is 0 Å². The number of aryl methyl sites for hydroxylation is 1. The smallest absolute Gasteiger partial charge is 0.260 e. The molecule has 1 aliphatic carbocycles. The summed E-state index contributed by atoms with van der Waals surface area (Å²) < 4.78 is 5.88. The van der Waals surface area contributed by atoms with Crippen molar-refractivity contribution >= 4 is 11.7 Å². The Kier molecular flexibility index (Phi) is 5.92. The zero-order chi connectivity index (χ0) is 20.2. The minimum atomic E-state index is -0.655. The lowest BCUT2D eigenvalue weighted by Gasteiger charge is -2.22. The van der Waals surface area contributed by atoms with Gasteiger partial charge in [0.2, 0.25) is 0 Å². The van der Waals surface area contributed by atoms with Gasteiger partial charge in [-0.1, -0.05) is 30.3 Å². The number of fused-ring (bicyclic) bond motifs is 2. The van der Waals surface area contributed by atoms with E-state index in [4.69, 9.17) is 4.74 Å². The molecule has 6 heteroatoms. The Morgan fingerprint density at radius 3 is 2.69 bits per heavy atom. The Balaban J connectivity index is 1.24. The van der Waals surface area contributed by atoms with Crippen molar-refractivity contribution in [3.8, 4) is 0 Å². The van der Waals surface area contributed by atoms with Gasteiger partial charge in [-0.2, -0.15) is 0 Å². The molecule has 2 aliphatic rings. The molecule has 2 aromatic rings. The van der Waals surface area contributed by atoms with Crippen LogP contribution in [0.15, 0.2) is 48.7 Å². The van der Waals surface area contributed by atoms with E-state index in [1.807, 2.05) is 30.3 Å². The predicted octanol–water partition coefficient (Wildman–Crippen LogP) is 2.27. The summed E-state index contributed by atoms with van der Waals surface area (Å²) in [5.74, 6) is 0.419. The monoisotopic (exact) mass is 393 g/mol. The van der Waals surface area contributed by atoms with Gasteiger partial charge in [0, 0.05) is 32.4 Å². The SMILES string of the molecule is C[C@H](OC1=CCCc2cccnc21)C(=O)NCC(O)CN1Cc2ccccc2C1. The lowest BCUT2D eigenvalue weighted by atomic mass is 10.0. The van der Waals surface area contributed by atoms with Gasteiger partial charge in [0.1, 0.15) is 11.5 Å². The molecule has 6 nitrogen and oxygen atoms in total. The van der Waals surface area contributed by atoms with E-state index < -0.39 is 12.2 Å². The molecule has 2 atom stereocenters. The van der Waals surface area contributed by atoms with E-state index in [9.17, 15) is 9.90 Å². The number of rotatable bonds is 7. The number of aromatic nitrogens is 1. The highest BCUT2D eigenvalue weighted by molar-refractivity contribution is 5.81. The number of benzene rings is 1. The van der Waals surface area contributed by atoms with Gasteiger partial charge in [-0.15, -0.1) is 0 Å². The Hall–Kier alpha value is -2.70. The molecule has 1 unspecified atom stereocenters. The molecule has 1 aromatic heterocycles. The van der Waals surface area contributed by atoms with Crippen LogP contribution in [0.5, 0.6) is 0 Å². The third-order valence-corrected chi connectivity index (χ3v) is 5.43. The molecule has 152 valence electrons. The molecule has 0 spiro atoms. The molecule has 1 amide bonds. The van der Waals surface area contributed by atoms with Crippen LogP contribution in [-0.4, -0.2) is 46.2 Å². The normalized spacial score (nSPS) is 17.7. The molecule has 1 aliphatic heterocycles. The molecule has 2 N–H and O–H groups in total. The van der Waals surface area contributed by atoms with Gasteiger partial charge in [0.05, 0.1) is 6.10 Å². The summed E-state index contributed by atoms with van der Waals surface area (Å²) in [5.41, 5.74) is 4.56. The summed E-state index contributed by atoms with van der Waals surface area (Å²) in [6.07, 6.45) is 4.25. The number of aliphatic hydroxyl groups excluding tert-OH is 1. The number of nitrogens with one attached hydrogen (secondary N) is 1. The van der Waals surface area contributed by atoms with Gasteiger partial charge < -0.3 is 15.2 Å². The fraction of sp³-hybridized carbons (Fsp3) is 0.391. The number of carbonyl (C=O) groups is 1. The van der Waals surface area contributed by atoms with Gasteiger partial charge in [0.25, 0.3) is 5.91 Å². The molecule has 1 aromatic carbocycles. The number of aliphatic hydroxyl groups is 1. The van der Waals surface area contributed by atoms with Crippen molar-refractivity contribution in [1.82, 2.24) is 15.2 Å². The predicted molar refractivity (Wildman–Crippen MR) is 111 cm³/mol. The maximum Gasteiger partial charge on any atom is 0.260 e. The molecular formula is C23H27N3O3. The Morgan fingerprint density at radius 2 is 1.93 bits per heavy atom. The minimum absolute atomic E-state index is 0.202. The van der Waals surface area contributed by atoms with Crippen molar-refractivity contribution in [2.75, 3.05) is 13.1 Å². The van der Waals surface area contributed by atoms with Crippen LogP contribution in [0.25, 0.3) is 5.76 Å². The molecule has 0 fully saturated rings. The van der Waals surface area contributed by atoms with Crippen molar-refractivity contribution in [1.29, 1.82) is 0 Å². The van der Waals surface area contributed by atoms with Gasteiger partial charge in [-0.05, 0) is 48.6 Å². The first-order chi connectivity index (χ1) is 14.1. The highest BCUT2D eigenvalue weighted by atomic mass is 16.5. The number of hydrogen-bond acceptors (Lipinski definition) is 5. The Morgan fingerprint density at radius 1 is 1.21 bits per heavy atom. The van der Waals surface area contributed by atoms with E-state index in [0.29, 0.717) is 12.3 Å². The third kappa shape index (κ3) is 4.66. The number of carbonyl (C=O) groups excluding carboxylic acids is 1. The second kappa shape index (κ2) is 8.76. The highest BCUT2D eigenvalue weighted by Crippen LogP contribution is 2.26. The number of hydrogen-bond donors (Lipinski definition) is 2. The third-order valence-electron chi connectivity index (χ3n) is 5.43. The lowest BCUT2D eigenvalue weighted by molar-refractivity contribution is -0.128. The standard InChI is InChI=1S/C23H27N3O3/c1-16(29-21-10-4-8-17-9-5-11-24-22(17)21)23(28)25-12-20(27)15-26-13-18-6-2-3-7-19(18)14-26/h2-3,5-7,9-11,16,20,27H,4,8,12-15H2,1H3,(H,25,28)/t16-,20?/m0/s1. The Bertz CT molecular complexity index is 887. The fourth-order valence-corrected chi connectivity index (χ4v) is 3.92. The van der Waals surface area contributed by atoms with Crippen LogP contribution in [-0.2, 0) is 29.0 Å². The number of β-amino-alcohol motifs (C(OH)–C–C–N with tert-alkyl or cyclic N) is 1. The number of nitrogens with zero attached hydrogens (tertiary/aromatic N) is 2.